The number of Topliss-reactive ketones (excluding diaryl/α,β-unsaturated/α-hetero) is 1. The van der Waals surface area contributed by atoms with Gasteiger partial charge in [-0.3, -0.25) is 4.79 Å². The summed E-state index contributed by atoms with van der Waals surface area (Å²) in [7, 11) is 0. The largest absolute Gasteiger partial charge is 0.472 e. The van der Waals surface area contributed by atoms with Crippen LogP contribution in [-0.2, 0) is 13.0 Å². The van der Waals surface area contributed by atoms with Crippen LogP contribution < -0.4 is 5.32 Å². The number of aryl methyl sites for hydroxylation is 1. The fraction of sp³-hybridized carbons (Fsp3) is 0.235. The van der Waals surface area contributed by atoms with Crippen molar-refractivity contribution < 1.29 is 13.7 Å². The van der Waals surface area contributed by atoms with Gasteiger partial charge in [0.15, 0.2) is 5.78 Å². The molecule has 0 aliphatic heterocycles. The number of hydrogen-bond acceptors (Lipinski definition) is 6. The van der Waals surface area contributed by atoms with E-state index in [9.17, 15) is 4.79 Å². The van der Waals surface area contributed by atoms with E-state index >= 15 is 0 Å². The lowest BCUT2D eigenvalue weighted by atomic mass is 9.90. The molecule has 2 heterocycles. The van der Waals surface area contributed by atoms with E-state index in [2.05, 4.69) is 15.5 Å². The zero-order valence-corrected chi connectivity index (χ0v) is 12.4. The van der Waals surface area contributed by atoms with Crippen LogP contribution in [0.4, 0.5) is 5.69 Å². The fourth-order valence-electron chi connectivity index (χ4n) is 2.75. The highest BCUT2D eigenvalue weighted by molar-refractivity contribution is 5.99. The quantitative estimate of drug-likeness (QED) is 0.795. The molecule has 0 bridgehead atoms. The van der Waals surface area contributed by atoms with Crippen molar-refractivity contribution in [3.05, 3.63) is 53.8 Å². The molecule has 0 atom stereocenters. The molecule has 0 saturated heterocycles. The molecular weight excluding hydrogens is 294 g/mol. The van der Waals surface area contributed by atoms with Gasteiger partial charge in [0.05, 0.1) is 18.4 Å². The summed E-state index contributed by atoms with van der Waals surface area (Å²) in [5, 5.41) is 7.13. The average Bonchev–Trinajstić information content (AvgIpc) is 3.25. The molecule has 0 spiro atoms. The highest BCUT2D eigenvalue weighted by Gasteiger charge is 2.17. The highest BCUT2D eigenvalue weighted by Crippen LogP contribution is 2.24. The lowest BCUT2D eigenvalue weighted by molar-refractivity contribution is 0.0972. The average molecular weight is 309 g/mol. The lowest BCUT2D eigenvalue weighted by Gasteiger charge is -2.15. The van der Waals surface area contributed by atoms with E-state index in [0.717, 1.165) is 35.2 Å². The molecule has 1 aromatic carbocycles. The fourth-order valence-corrected chi connectivity index (χ4v) is 2.75. The first kappa shape index (κ1) is 13.8. The molecule has 1 N–H and O–H groups in total. The Bertz CT molecular complexity index is 837. The van der Waals surface area contributed by atoms with Gasteiger partial charge >= 0.3 is 0 Å². The van der Waals surface area contributed by atoms with Crippen LogP contribution in [-0.4, -0.2) is 15.9 Å². The summed E-state index contributed by atoms with van der Waals surface area (Å²) in [6.45, 7) is 0.401. The van der Waals surface area contributed by atoms with Crippen molar-refractivity contribution in [2.45, 2.75) is 25.8 Å². The van der Waals surface area contributed by atoms with E-state index in [0.29, 0.717) is 24.7 Å². The Morgan fingerprint density at radius 3 is 3.04 bits per heavy atom. The second-order valence-electron chi connectivity index (χ2n) is 5.53. The van der Waals surface area contributed by atoms with E-state index in [1.54, 1.807) is 18.6 Å². The van der Waals surface area contributed by atoms with Crippen LogP contribution in [0.2, 0.25) is 0 Å². The van der Waals surface area contributed by atoms with Gasteiger partial charge in [-0.1, -0.05) is 11.2 Å². The van der Waals surface area contributed by atoms with Gasteiger partial charge in [0.25, 0.3) is 0 Å². The lowest BCUT2D eigenvalue weighted by Crippen LogP contribution is -2.11. The number of benzene rings is 1. The number of carbonyl (C=O) groups excluding carboxylic acids is 1. The van der Waals surface area contributed by atoms with Crippen LogP contribution in [0, 0.1) is 0 Å². The van der Waals surface area contributed by atoms with Crippen LogP contribution in [0.1, 0.15) is 34.7 Å². The van der Waals surface area contributed by atoms with Gasteiger partial charge < -0.3 is 14.3 Å². The van der Waals surface area contributed by atoms with E-state index in [1.807, 2.05) is 18.2 Å². The van der Waals surface area contributed by atoms with Gasteiger partial charge in [-0.2, -0.15) is 4.98 Å². The van der Waals surface area contributed by atoms with E-state index in [-0.39, 0.29) is 5.78 Å². The van der Waals surface area contributed by atoms with Crippen LogP contribution >= 0.6 is 0 Å². The topological polar surface area (TPSA) is 81.2 Å². The molecule has 0 saturated carbocycles. The van der Waals surface area contributed by atoms with Crippen molar-refractivity contribution in [1.82, 2.24) is 10.1 Å². The number of nitrogens with one attached hydrogen (secondary N) is 1. The Labute approximate surface area is 132 Å². The minimum absolute atomic E-state index is 0.218. The predicted molar refractivity (Wildman–Crippen MR) is 83.0 cm³/mol. The van der Waals surface area contributed by atoms with Crippen LogP contribution in [0.5, 0.6) is 0 Å². The molecule has 0 amide bonds. The SMILES string of the molecule is O=C1CCCc2ccc(NCc3nc(-c4ccoc4)no3)cc21. The summed E-state index contributed by atoms with van der Waals surface area (Å²) < 4.78 is 10.2. The van der Waals surface area contributed by atoms with E-state index < -0.39 is 0 Å². The molecule has 0 radical (unpaired) electrons. The third-order valence-corrected chi connectivity index (χ3v) is 3.95. The molecule has 116 valence electrons. The Morgan fingerprint density at radius 1 is 1.22 bits per heavy atom. The maximum absolute atomic E-state index is 12.0. The molecule has 4 rings (SSSR count). The second kappa shape index (κ2) is 5.72. The summed E-state index contributed by atoms with van der Waals surface area (Å²) in [5.41, 5.74) is 3.61. The van der Waals surface area contributed by atoms with Crippen LogP contribution in [0.25, 0.3) is 11.4 Å². The number of rotatable bonds is 4. The van der Waals surface area contributed by atoms with Gasteiger partial charge in [0.2, 0.25) is 11.7 Å². The number of furan rings is 1. The molecule has 6 heteroatoms. The highest BCUT2D eigenvalue weighted by atomic mass is 16.5. The third kappa shape index (κ3) is 2.75. The standard InChI is InChI=1S/C17H15N3O3/c21-15-3-1-2-11-4-5-13(8-14(11)15)18-9-16-19-17(20-23-16)12-6-7-22-10-12/h4-8,10,18H,1-3,9H2. The minimum Gasteiger partial charge on any atom is -0.472 e. The van der Waals surface area contributed by atoms with E-state index in [1.165, 1.54) is 0 Å². The molecular formula is C17H15N3O3. The van der Waals surface area contributed by atoms with Crippen molar-refractivity contribution in [1.29, 1.82) is 0 Å². The molecule has 2 aromatic heterocycles. The molecule has 6 nitrogen and oxygen atoms in total. The number of hydrogen-bond donors (Lipinski definition) is 1. The summed E-state index contributed by atoms with van der Waals surface area (Å²) in [5.74, 6) is 1.19. The van der Waals surface area contributed by atoms with Gasteiger partial charge in [0, 0.05) is 17.7 Å². The van der Waals surface area contributed by atoms with E-state index in [4.69, 9.17) is 8.94 Å². The predicted octanol–water partition coefficient (Wildman–Crippen LogP) is 3.46. The van der Waals surface area contributed by atoms with Gasteiger partial charge in [0.1, 0.15) is 6.26 Å². The summed E-state index contributed by atoms with van der Waals surface area (Å²) in [4.78, 5) is 16.3. The molecule has 1 aliphatic rings. The third-order valence-electron chi connectivity index (χ3n) is 3.95. The molecule has 23 heavy (non-hydrogen) atoms. The first-order chi connectivity index (χ1) is 11.3. The smallest absolute Gasteiger partial charge is 0.246 e. The van der Waals surface area contributed by atoms with Crippen molar-refractivity contribution >= 4 is 11.5 Å². The maximum Gasteiger partial charge on any atom is 0.246 e. The molecule has 0 fully saturated rings. The van der Waals surface area contributed by atoms with Gasteiger partial charge in [-0.15, -0.1) is 0 Å². The van der Waals surface area contributed by atoms with Crippen LogP contribution in [0.3, 0.4) is 0 Å². The monoisotopic (exact) mass is 309 g/mol. The summed E-state index contributed by atoms with van der Waals surface area (Å²) in [6, 6.07) is 7.67. The Balaban J connectivity index is 1.47. The van der Waals surface area contributed by atoms with Crippen LogP contribution in [0.15, 0.2) is 45.7 Å². The first-order valence-electron chi connectivity index (χ1n) is 7.55. The van der Waals surface area contributed by atoms with Gasteiger partial charge in [-0.25, -0.2) is 0 Å². The zero-order valence-electron chi connectivity index (χ0n) is 12.4. The zero-order chi connectivity index (χ0) is 15.6. The number of nitrogens with zero attached hydrogens (tertiary/aromatic N) is 2. The van der Waals surface area contributed by atoms with Crippen molar-refractivity contribution in [3.8, 4) is 11.4 Å². The minimum atomic E-state index is 0.218. The molecule has 1 aliphatic carbocycles. The summed E-state index contributed by atoms with van der Waals surface area (Å²) >= 11 is 0. The summed E-state index contributed by atoms with van der Waals surface area (Å²) in [6.07, 6.45) is 5.68. The first-order valence-corrected chi connectivity index (χ1v) is 7.55. The number of ketones is 1. The Kier molecular flexibility index (Phi) is 3.42. The Morgan fingerprint density at radius 2 is 2.17 bits per heavy atom. The second-order valence-corrected chi connectivity index (χ2v) is 5.53. The maximum atomic E-state index is 12.0. The molecule has 0 unspecified atom stereocenters. The van der Waals surface area contributed by atoms with Crippen molar-refractivity contribution in [2.24, 2.45) is 0 Å². The van der Waals surface area contributed by atoms with Crippen molar-refractivity contribution in [3.63, 3.8) is 0 Å². The number of fused-ring (bicyclic) bond motifs is 1. The van der Waals surface area contributed by atoms with Crippen molar-refractivity contribution in [2.75, 3.05) is 5.32 Å². The number of anilines is 1. The Hall–Kier alpha value is -2.89. The van der Waals surface area contributed by atoms with Gasteiger partial charge in [-0.05, 0) is 36.6 Å². The number of aromatic nitrogens is 2. The molecule has 3 aromatic rings. The number of carbonyl (C=O) groups is 1. The normalized spacial score (nSPS) is 13.8.